The van der Waals surface area contributed by atoms with Crippen LogP contribution in [0.2, 0.25) is 0 Å². The van der Waals surface area contributed by atoms with Crippen molar-refractivity contribution < 1.29 is 19.4 Å². The van der Waals surface area contributed by atoms with Gasteiger partial charge in [0.1, 0.15) is 11.8 Å². The van der Waals surface area contributed by atoms with Crippen molar-refractivity contribution in [1.29, 1.82) is 0 Å². The smallest absolute Gasteiger partial charge is 0.326 e. The van der Waals surface area contributed by atoms with Crippen molar-refractivity contribution in [2.45, 2.75) is 31.8 Å². The third kappa shape index (κ3) is 3.82. The van der Waals surface area contributed by atoms with E-state index in [0.29, 0.717) is 19.4 Å². The molecular weight excluding hydrogens is 318 g/mol. The zero-order valence-electron chi connectivity index (χ0n) is 14.1. The lowest BCUT2D eigenvalue weighted by atomic mass is 9.93. The molecule has 0 radical (unpaired) electrons. The highest BCUT2D eigenvalue weighted by Gasteiger charge is 2.34. The molecule has 0 bridgehead atoms. The number of rotatable bonds is 5. The molecule has 0 spiro atoms. The first kappa shape index (κ1) is 17.0. The lowest BCUT2D eigenvalue weighted by Gasteiger charge is -2.34. The van der Waals surface area contributed by atoms with E-state index in [1.54, 1.807) is 7.11 Å². The van der Waals surface area contributed by atoms with Gasteiger partial charge in [0.05, 0.1) is 7.11 Å². The molecule has 1 amide bonds. The van der Waals surface area contributed by atoms with Gasteiger partial charge in [-0.15, -0.1) is 0 Å². The van der Waals surface area contributed by atoms with Crippen LogP contribution in [0.15, 0.2) is 48.5 Å². The predicted molar refractivity (Wildman–Crippen MR) is 93.4 cm³/mol. The molecule has 3 rings (SSSR count). The van der Waals surface area contributed by atoms with Crippen LogP contribution in [0.1, 0.15) is 23.1 Å². The van der Waals surface area contributed by atoms with Gasteiger partial charge in [0.2, 0.25) is 5.91 Å². The number of carboxylic acids is 1. The molecule has 5 heteroatoms. The largest absolute Gasteiger partial charge is 0.497 e. The van der Waals surface area contributed by atoms with E-state index < -0.39 is 12.0 Å². The zero-order chi connectivity index (χ0) is 17.8. The summed E-state index contributed by atoms with van der Waals surface area (Å²) in [6.07, 6.45) is 1.19. The zero-order valence-corrected chi connectivity index (χ0v) is 14.1. The predicted octanol–water partition coefficient (Wildman–Crippen LogP) is 2.67. The molecule has 0 unspecified atom stereocenters. The third-order valence-corrected chi connectivity index (χ3v) is 4.62. The number of ether oxygens (including phenoxy) is 1. The molecule has 1 aliphatic heterocycles. The number of fused-ring (bicyclic) bond motifs is 1. The highest BCUT2D eigenvalue weighted by molar-refractivity contribution is 5.84. The topological polar surface area (TPSA) is 66.8 Å². The summed E-state index contributed by atoms with van der Waals surface area (Å²) in [6, 6.07) is 14.5. The molecule has 2 aromatic rings. The summed E-state index contributed by atoms with van der Waals surface area (Å²) in [4.78, 5) is 25.8. The molecule has 0 saturated carbocycles. The Morgan fingerprint density at radius 3 is 2.64 bits per heavy atom. The minimum Gasteiger partial charge on any atom is -0.497 e. The SMILES string of the molecule is COc1cccc(CCC(=O)N2Cc3ccccc3C[C@@H]2C(=O)O)c1. The number of hydrogen-bond acceptors (Lipinski definition) is 3. The number of amides is 1. The van der Waals surface area contributed by atoms with E-state index in [1.165, 1.54) is 4.90 Å². The van der Waals surface area contributed by atoms with Crippen molar-refractivity contribution in [3.63, 3.8) is 0 Å². The molecule has 1 heterocycles. The number of aryl methyl sites for hydroxylation is 1. The van der Waals surface area contributed by atoms with Gasteiger partial charge in [-0.1, -0.05) is 36.4 Å². The standard InChI is InChI=1S/C20H21NO4/c1-25-17-8-4-5-14(11-17)9-10-19(22)21-13-16-7-3-2-6-15(16)12-18(21)20(23)24/h2-8,11,18H,9-10,12-13H2,1H3,(H,23,24)/t18-/m1/s1. The molecular formula is C20H21NO4. The van der Waals surface area contributed by atoms with Crippen LogP contribution in [0.3, 0.4) is 0 Å². The molecule has 0 aliphatic carbocycles. The Labute approximate surface area is 146 Å². The maximum Gasteiger partial charge on any atom is 0.326 e. The van der Waals surface area contributed by atoms with Gasteiger partial charge in [0.25, 0.3) is 0 Å². The Morgan fingerprint density at radius 2 is 1.92 bits per heavy atom. The number of carboxylic acid groups (broad SMARTS) is 1. The first-order chi connectivity index (χ1) is 12.1. The fourth-order valence-corrected chi connectivity index (χ4v) is 3.23. The van der Waals surface area contributed by atoms with E-state index in [2.05, 4.69) is 0 Å². The summed E-state index contributed by atoms with van der Waals surface area (Å²) in [5, 5.41) is 9.53. The van der Waals surface area contributed by atoms with Crippen LogP contribution >= 0.6 is 0 Å². The fourth-order valence-electron chi connectivity index (χ4n) is 3.23. The first-order valence-electron chi connectivity index (χ1n) is 8.30. The number of aliphatic carboxylic acids is 1. The normalized spacial score (nSPS) is 16.2. The lowest BCUT2D eigenvalue weighted by Crippen LogP contribution is -2.48. The Kier molecular flexibility index (Phi) is 5.03. The summed E-state index contributed by atoms with van der Waals surface area (Å²) in [6.45, 7) is 0.351. The fraction of sp³-hybridized carbons (Fsp3) is 0.300. The molecule has 1 aliphatic rings. The highest BCUT2D eigenvalue weighted by Crippen LogP contribution is 2.24. The van der Waals surface area contributed by atoms with Crippen LogP contribution in [0.5, 0.6) is 5.75 Å². The van der Waals surface area contributed by atoms with Crippen molar-refractivity contribution in [2.24, 2.45) is 0 Å². The molecule has 0 saturated heterocycles. The van der Waals surface area contributed by atoms with Crippen LogP contribution in [-0.4, -0.2) is 35.0 Å². The van der Waals surface area contributed by atoms with Crippen LogP contribution in [0, 0.1) is 0 Å². The van der Waals surface area contributed by atoms with Crippen LogP contribution in [-0.2, 0) is 29.0 Å². The molecule has 1 N–H and O–H groups in total. The molecule has 2 aromatic carbocycles. The van der Waals surface area contributed by atoms with Crippen LogP contribution in [0.25, 0.3) is 0 Å². The van der Waals surface area contributed by atoms with Crippen molar-refractivity contribution >= 4 is 11.9 Å². The molecule has 1 atom stereocenters. The van der Waals surface area contributed by atoms with E-state index in [-0.39, 0.29) is 12.3 Å². The summed E-state index contributed by atoms with van der Waals surface area (Å²) in [7, 11) is 1.60. The minimum absolute atomic E-state index is 0.135. The van der Waals surface area contributed by atoms with Gasteiger partial charge in [-0.25, -0.2) is 4.79 Å². The number of hydrogen-bond donors (Lipinski definition) is 1. The quantitative estimate of drug-likeness (QED) is 0.909. The summed E-state index contributed by atoms with van der Waals surface area (Å²) in [5.74, 6) is -0.339. The summed E-state index contributed by atoms with van der Waals surface area (Å²) >= 11 is 0. The second kappa shape index (κ2) is 7.38. The van der Waals surface area contributed by atoms with E-state index in [1.807, 2.05) is 48.5 Å². The number of nitrogens with zero attached hydrogens (tertiary/aromatic N) is 1. The maximum absolute atomic E-state index is 12.7. The average molecular weight is 339 g/mol. The van der Waals surface area contributed by atoms with E-state index >= 15 is 0 Å². The summed E-state index contributed by atoms with van der Waals surface area (Å²) < 4.78 is 5.19. The second-order valence-electron chi connectivity index (χ2n) is 6.20. The number of carbonyl (C=O) groups is 2. The maximum atomic E-state index is 12.7. The van der Waals surface area contributed by atoms with Crippen molar-refractivity contribution in [3.05, 3.63) is 65.2 Å². The highest BCUT2D eigenvalue weighted by atomic mass is 16.5. The average Bonchev–Trinajstić information content (AvgIpc) is 2.65. The Hall–Kier alpha value is -2.82. The van der Waals surface area contributed by atoms with Gasteiger partial charge in [0.15, 0.2) is 0 Å². The molecule has 5 nitrogen and oxygen atoms in total. The van der Waals surface area contributed by atoms with Crippen LogP contribution < -0.4 is 4.74 Å². The molecule has 130 valence electrons. The van der Waals surface area contributed by atoms with Crippen molar-refractivity contribution in [3.8, 4) is 5.75 Å². The monoisotopic (exact) mass is 339 g/mol. The van der Waals surface area contributed by atoms with Gasteiger partial charge < -0.3 is 14.7 Å². The van der Waals surface area contributed by atoms with Gasteiger partial charge in [-0.05, 0) is 35.2 Å². The van der Waals surface area contributed by atoms with Crippen molar-refractivity contribution in [2.75, 3.05) is 7.11 Å². The van der Waals surface area contributed by atoms with E-state index in [0.717, 1.165) is 22.4 Å². The van der Waals surface area contributed by atoms with Gasteiger partial charge >= 0.3 is 5.97 Å². The van der Waals surface area contributed by atoms with Crippen molar-refractivity contribution in [1.82, 2.24) is 4.90 Å². The molecule has 0 aromatic heterocycles. The second-order valence-corrected chi connectivity index (χ2v) is 6.20. The number of methoxy groups -OCH3 is 1. The molecule has 0 fully saturated rings. The lowest BCUT2D eigenvalue weighted by molar-refractivity contribution is -0.151. The first-order valence-corrected chi connectivity index (χ1v) is 8.30. The van der Waals surface area contributed by atoms with E-state index in [9.17, 15) is 14.7 Å². The Morgan fingerprint density at radius 1 is 1.16 bits per heavy atom. The van der Waals surface area contributed by atoms with E-state index in [4.69, 9.17) is 4.74 Å². The minimum atomic E-state index is -0.954. The van der Waals surface area contributed by atoms with Gasteiger partial charge in [-0.3, -0.25) is 4.79 Å². The molecule has 25 heavy (non-hydrogen) atoms. The summed E-state index contributed by atoms with van der Waals surface area (Å²) in [5.41, 5.74) is 3.03. The Bertz CT molecular complexity index is 787. The Balaban J connectivity index is 1.72. The number of carbonyl (C=O) groups excluding carboxylic acids is 1. The van der Waals surface area contributed by atoms with Crippen LogP contribution in [0.4, 0.5) is 0 Å². The number of benzene rings is 2. The van der Waals surface area contributed by atoms with Gasteiger partial charge in [0, 0.05) is 19.4 Å². The van der Waals surface area contributed by atoms with Gasteiger partial charge in [-0.2, -0.15) is 0 Å². The third-order valence-electron chi connectivity index (χ3n) is 4.62.